The number of nitrogens with one attached hydrogen (secondary N) is 1. The molecule has 1 heterocycles. The number of methoxy groups -OCH3 is 1. The van der Waals surface area contributed by atoms with E-state index in [-0.39, 0.29) is 24.0 Å². The van der Waals surface area contributed by atoms with Gasteiger partial charge in [0.05, 0.1) is 6.61 Å². The summed E-state index contributed by atoms with van der Waals surface area (Å²) in [6, 6.07) is 18.8. The van der Waals surface area contributed by atoms with Gasteiger partial charge in [0.25, 0.3) is 0 Å². The number of hydrogen-bond donors (Lipinski definition) is 1. The average molecular weight is 524 g/mol. The zero-order valence-electron chi connectivity index (χ0n) is 17.9. The van der Waals surface area contributed by atoms with Gasteiger partial charge in [0.1, 0.15) is 12.4 Å². The maximum atomic E-state index is 5.61. The molecule has 0 spiro atoms. The summed E-state index contributed by atoms with van der Waals surface area (Å²) in [5, 5.41) is 3.49. The first-order chi connectivity index (χ1) is 14.3. The monoisotopic (exact) mass is 524 g/mol. The zero-order valence-corrected chi connectivity index (χ0v) is 20.2. The Hall–Kier alpha value is -1.84. The molecule has 0 aromatic heterocycles. The highest BCUT2D eigenvalue weighted by Gasteiger charge is 2.19. The van der Waals surface area contributed by atoms with Gasteiger partial charge in [-0.1, -0.05) is 42.5 Å². The molecular formula is C23H33IN4O2. The van der Waals surface area contributed by atoms with Crippen molar-refractivity contribution in [3.05, 3.63) is 65.7 Å². The molecule has 0 amide bonds. The highest BCUT2D eigenvalue weighted by atomic mass is 127. The van der Waals surface area contributed by atoms with Crippen LogP contribution in [0.15, 0.2) is 59.6 Å². The van der Waals surface area contributed by atoms with E-state index in [1.54, 1.807) is 7.11 Å². The maximum Gasteiger partial charge on any atom is 0.194 e. The molecule has 3 rings (SSSR count). The molecule has 6 nitrogen and oxygen atoms in total. The van der Waals surface area contributed by atoms with E-state index in [2.05, 4.69) is 62.6 Å². The van der Waals surface area contributed by atoms with Crippen LogP contribution in [-0.2, 0) is 17.8 Å². The van der Waals surface area contributed by atoms with Crippen LogP contribution in [0.25, 0.3) is 0 Å². The molecule has 0 unspecified atom stereocenters. The fraction of sp³-hybridized carbons (Fsp3) is 0.435. The molecule has 2 aromatic rings. The van der Waals surface area contributed by atoms with Crippen LogP contribution in [0.1, 0.15) is 11.1 Å². The largest absolute Gasteiger partial charge is 0.491 e. The van der Waals surface area contributed by atoms with Crippen molar-refractivity contribution in [1.29, 1.82) is 0 Å². The van der Waals surface area contributed by atoms with Crippen LogP contribution in [0, 0.1) is 0 Å². The smallest absolute Gasteiger partial charge is 0.194 e. The Morgan fingerprint density at radius 3 is 2.27 bits per heavy atom. The van der Waals surface area contributed by atoms with E-state index in [9.17, 15) is 0 Å². The Kier molecular flexibility index (Phi) is 11.0. The van der Waals surface area contributed by atoms with Crippen LogP contribution in [0.3, 0.4) is 0 Å². The van der Waals surface area contributed by atoms with Gasteiger partial charge in [-0.25, -0.2) is 0 Å². The fourth-order valence-electron chi connectivity index (χ4n) is 3.42. The summed E-state index contributed by atoms with van der Waals surface area (Å²) in [7, 11) is 3.53. The van der Waals surface area contributed by atoms with Crippen molar-refractivity contribution in [3.8, 4) is 5.75 Å². The van der Waals surface area contributed by atoms with Crippen molar-refractivity contribution in [2.75, 3.05) is 53.6 Å². The Labute approximate surface area is 197 Å². The maximum absolute atomic E-state index is 5.61. The van der Waals surface area contributed by atoms with E-state index in [0.29, 0.717) is 13.2 Å². The van der Waals surface area contributed by atoms with Crippen LogP contribution < -0.4 is 10.1 Å². The van der Waals surface area contributed by atoms with Gasteiger partial charge >= 0.3 is 0 Å². The predicted molar refractivity (Wildman–Crippen MR) is 133 cm³/mol. The number of benzene rings is 2. The number of ether oxygens (including phenoxy) is 2. The van der Waals surface area contributed by atoms with Crippen molar-refractivity contribution in [1.82, 2.24) is 15.1 Å². The molecule has 1 fully saturated rings. The van der Waals surface area contributed by atoms with Gasteiger partial charge in [0.2, 0.25) is 0 Å². The second kappa shape index (κ2) is 13.5. The van der Waals surface area contributed by atoms with E-state index in [0.717, 1.165) is 51.0 Å². The quantitative estimate of drug-likeness (QED) is 0.249. The third kappa shape index (κ3) is 7.77. The number of halogens is 1. The second-order valence-electron chi connectivity index (χ2n) is 7.13. The molecule has 1 aliphatic heterocycles. The molecule has 164 valence electrons. The molecule has 0 aliphatic carbocycles. The van der Waals surface area contributed by atoms with Crippen molar-refractivity contribution in [3.63, 3.8) is 0 Å². The van der Waals surface area contributed by atoms with Crippen LogP contribution >= 0.6 is 24.0 Å². The number of aliphatic imine (C=N–C) groups is 1. The lowest BCUT2D eigenvalue weighted by Crippen LogP contribution is -2.52. The second-order valence-corrected chi connectivity index (χ2v) is 7.13. The molecule has 1 saturated heterocycles. The first-order valence-electron chi connectivity index (χ1n) is 10.2. The lowest BCUT2D eigenvalue weighted by Gasteiger charge is -2.36. The summed E-state index contributed by atoms with van der Waals surface area (Å²) >= 11 is 0. The summed E-state index contributed by atoms with van der Waals surface area (Å²) in [5.41, 5.74) is 2.58. The van der Waals surface area contributed by atoms with E-state index >= 15 is 0 Å². The standard InChI is InChI=1S/C23H32N4O2.HI/c1-24-23(25-18-20-8-10-22(11-9-20)29-17-16-28-2)27-14-12-26(13-15-27)19-21-6-4-3-5-7-21;/h3-11H,12-19H2,1-2H3,(H,24,25);1H. The molecule has 0 radical (unpaired) electrons. The number of nitrogens with zero attached hydrogens (tertiary/aromatic N) is 3. The molecule has 2 aromatic carbocycles. The average Bonchev–Trinajstić information content (AvgIpc) is 2.77. The van der Waals surface area contributed by atoms with Gasteiger partial charge in [0.15, 0.2) is 5.96 Å². The van der Waals surface area contributed by atoms with Crippen LogP contribution in [0.5, 0.6) is 5.75 Å². The molecule has 0 bridgehead atoms. The first-order valence-corrected chi connectivity index (χ1v) is 10.2. The highest BCUT2D eigenvalue weighted by Crippen LogP contribution is 2.13. The van der Waals surface area contributed by atoms with Crippen LogP contribution in [0.2, 0.25) is 0 Å². The Bertz CT molecular complexity index is 748. The van der Waals surface area contributed by atoms with Gasteiger partial charge in [0, 0.05) is 53.4 Å². The minimum atomic E-state index is 0. The molecule has 30 heavy (non-hydrogen) atoms. The van der Waals surface area contributed by atoms with Gasteiger partial charge in [-0.05, 0) is 23.3 Å². The lowest BCUT2D eigenvalue weighted by atomic mass is 10.2. The Morgan fingerprint density at radius 1 is 0.933 bits per heavy atom. The van der Waals surface area contributed by atoms with Gasteiger partial charge in [-0.2, -0.15) is 0 Å². The SMILES string of the molecule is CN=C(NCc1ccc(OCCOC)cc1)N1CCN(Cc2ccccc2)CC1.I. The fourth-order valence-corrected chi connectivity index (χ4v) is 3.42. The van der Waals surface area contributed by atoms with Crippen LogP contribution in [0.4, 0.5) is 0 Å². The Balaban J connectivity index is 0.00000320. The van der Waals surface area contributed by atoms with Crippen molar-refractivity contribution >= 4 is 29.9 Å². The van der Waals surface area contributed by atoms with E-state index in [1.165, 1.54) is 11.1 Å². The summed E-state index contributed by atoms with van der Waals surface area (Å²) < 4.78 is 10.6. The van der Waals surface area contributed by atoms with E-state index in [4.69, 9.17) is 9.47 Å². The summed E-state index contributed by atoms with van der Waals surface area (Å²) in [6.07, 6.45) is 0. The molecule has 1 N–H and O–H groups in total. The zero-order chi connectivity index (χ0) is 20.3. The normalized spacial score (nSPS) is 14.9. The van der Waals surface area contributed by atoms with Crippen molar-refractivity contribution in [2.45, 2.75) is 13.1 Å². The third-order valence-electron chi connectivity index (χ3n) is 5.06. The molecule has 0 saturated carbocycles. The molecule has 1 aliphatic rings. The minimum absolute atomic E-state index is 0. The van der Waals surface area contributed by atoms with Gasteiger partial charge in [-0.3, -0.25) is 9.89 Å². The molecular weight excluding hydrogens is 491 g/mol. The molecule has 7 heteroatoms. The first kappa shape index (κ1) is 24.4. The van der Waals surface area contributed by atoms with E-state index in [1.807, 2.05) is 19.2 Å². The number of hydrogen-bond acceptors (Lipinski definition) is 4. The summed E-state index contributed by atoms with van der Waals surface area (Å²) in [5.74, 6) is 1.83. The lowest BCUT2D eigenvalue weighted by molar-refractivity contribution is 0.146. The van der Waals surface area contributed by atoms with E-state index < -0.39 is 0 Å². The highest BCUT2D eigenvalue weighted by molar-refractivity contribution is 14.0. The Morgan fingerprint density at radius 2 is 1.63 bits per heavy atom. The topological polar surface area (TPSA) is 49.3 Å². The van der Waals surface area contributed by atoms with Crippen LogP contribution in [-0.4, -0.2) is 69.3 Å². The summed E-state index contributed by atoms with van der Waals surface area (Å²) in [4.78, 5) is 9.32. The van der Waals surface area contributed by atoms with Crippen molar-refractivity contribution < 1.29 is 9.47 Å². The van der Waals surface area contributed by atoms with Gasteiger partial charge < -0.3 is 19.7 Å². The predicted octanol–water partition coefficient (Wildman–Crippen LogP) is 3.22. The summed E-state index contributed by atoms with van der Waals surface area (Å²) in [6.45, 7) is 6.98. The molecule has 0 atom stereocenters. The number of rotatable bonds is 8. The van der Waals surface area contributed by atoms with Gasteiger partial charge in [-0.15, -0.1) is 24.0 Å². The number of guanidine groups is 1. The third-order valence-corrected chi connectivity index (χ3v) is 5.06. The van der Waals surface area contributed by atoms with Crippen molar-refractivity contribution in [2.24, 2.45) is 4.99 Å². The minimum Gasteiger partial charge on any atom is -0.491 e. The number of piperazine rings is 1.